The molecule has 1 fully saturated rings. The lowest BCUT2D eigenvalue weighted by Crippen LogP contribution is -2.44. The van der Waals surface area contributed by atoms with Crippen LogP contribution >= 0.6 is 0 Å². The highest BCUT2D eigenvalue weighted by molar-refractivity contribution is 6.12. The van der Waals surface area contributed by atoms with E-state index in [9.17, 15) is 4.79 Å². The molecule has 10 nitrogen and oxygen atoms in total. The zero-order valence-corrected chi connectivity index (χ0v) is 16.0. The van der Waals surface area contributed by atoms with Gasteiger partial charge in [-0.05, 0) is 13.1 Å². The molecule has 0 unspecified atom stereocenters. The van der Waals surface area contributed by atoms with Crippen molar-refractivity contribution in [3.63, 3.8) is 0 Å². The van der Waals surface area contributed by atoms with E-state index < -0.39 is 5.91 Å². The van der Waals surface area contributed by atoms with Gasteiger partial charge in [0.2, 0.25) is 0 Å². The summed E-state index contributed by atoms with van der Waals surface area (Å²) in [6.45, 7) is 3.63. The maximum atomic E-state index is 13.0. The van der Waals surface area contributed by atoms with Crippen molar-refractivity contribution < 1.29 is 4.79 Å². The van der Waals surface area contributed by atoms with Crippen LogP contribution in [0, 0.1) is 11.3 Å². The molecule has 1 aliphatic rings. The number of nitrogens with zero attached hydrogens (tertiary/aromatic N) is 7. The average Bonchev–Trinajstić information content (AvgIpc) is 3.04. The number of nitrogens with two attached hydrogens (primary N) is 1. The molecule has 4 rings (SSSR count). The summed E-state index contributed by atoms with van der Waals surface area (Å²) < 4.78 is 1.43. The molecule has 1 saturated heterocycles. The Kier molecular flexibility index (Phi) is 4.97. The molecule has 3 aromatic heterocycles. The minimum atomic E-state index is -0.401. The number of anilines is 3. The van der Waals surface area contributed by atoms with Gasteiger partial charge >= 0.3 is 0 Å². The van der Waals surface area contributed by atoms with E-state index in [1.54, 1.807) is 24.8 Å². The molecule has 3 N–H and O–H groups in total. The Morgan fingerprint density at radius 3 is 2.86 bits per heavy atom. The van der Waals surface area contributed by atoms with Gasteiger partial charge in [0.05, 0.1) is 30.1 Å². The van der Waals surface area contributed by atoms with Crippen LogP contribution in [-0.4, -0.2) is 63.6 Å². The fraction of sp³-hybridized carbons (Fsp3) is 0.316. The van der Waals surface area contributed by atoms with Crippen LogP contribution in [0.15, 0.2) is 30.9 Å². The summed E-state index contributed by atoms with van der Waals surface area (Å²) in [5.74, 6) is -0.324. The first-order valence-electron chi connectivity index (χ1n) is 9.25. The van der Waals surface area contributed by atoms with Crippen LogP contribution in [0.3, 0.4) is 0 Å². The summed E-state index contributed by atoms with van der Waals surface area (Å²) >= 11 is 0. The van der Waals surface area contributed by atoms with E-state index in [0.717, 1.165) is 31.9 Å². The number of likely N-dealkylation sites (N-methyl/N-ethyl adjacent to an activating group) is 1. The third kappa shape index (κ3) is 3.68. The molecular weight excluding hydrogens is 370 g/mol. The van der Waals surface area contributed by atoms with Gasteiger partial charge in [-0.1, -0.05) is 0 Å². The van der Waals surface area contributed by atoms with E-state index >= 15 is 0 Å². The number of rotatable bonds is 4. The first-order valence-corrected chi connectivity index (χ1v) is 9.25. The monoisotopic (exact) mass is 391 g/mol. The van der Waals surface area contributed by atoms with Crippen LogP contribution in [0.4, 0.5) is 17.2 Å². The van der Waals surface area contributed by atoms with Crippen molar-refractivity contribution in [2.24, 2.45) is 0 Å². The van der Waals surface area contributed by atoms with Gasteiger partial charge in [0.25, 0.3) is 5.91 Å². The summed E-state index contributed by atoms with van der Waals surface area (Å²) in [6.07, 6.45) is 6.75. The first kappa shape index (κ1) is 18.6. The summed E-state index contributed by atoms with van der Waals surface area (Å²) in [6, 6.07) is 3.96. The minimum Gasteiger partial charge on any atom is -0.381 e. The maximum absolute atomic E-state index is 13.0. The molecule has 0 atom stereocenters. The number of pyridine rings is 1. The normalized spacial score (nSPS) is 14.7. The summed E-state index contributed by atoms with van der Waals surface area (Å²) in [5, 5.41) is 15.9. The molecule has 148 valence electrons. The van der Waals surface area contributed by atoms with Crippen LogP contribution in [0.25, 0.3) is 5.65 Å². The van der Waals surface area contributed by atoms with Crippen molar-refractivity contribution in [3.8, 4) is 6.07 Å². The van der Waals surface area contributed by atoms with E-state index in [4.69, 9.17) is 11.0 Å². The van der Waals surface area contributed by atoms with Gasteiger partial charge in [0.15, 0.2) is 11.5 Å². The number of carbonyl (C=O) groups excluding carboxylic acids is 1. The summed E-state index contributed by atoms with van der Waals surface area (Å²) in [4.78, 5) is 25.9. The van der Waals surface area contributed by atoms with Crippen molar-refractivity contribution in [1.29, 1.82) is 5.26 Å². The number of nitriles is 1. The van der Waals surface area contributed by atoms with Crippen LogP contribution in [0.1, 0.15) is 15.9 Å². The zero-order valence-electron chi connectivity index (χ0n) is 16.0. The number of piperazine rings is 1. The van der Waals surface area contributed by atoms with Gasteiger partial charge in [0, 0.05) is 50.3 Å². The quantitative estimate of drug-likeness (QED) is 0.667. The van der Waals surface area contributed by atoms with Gasteiger partial charge in [-0.15, -0.1) is 5.10 Å². The zero-order chi connectivity index (χ0) is 20.4. The number of amides is 1. The Balaban J connectivity index is 1.62. The number of hydrogen-bond donors (Lipinski definition) is 2. The second-order valence-electron chi connectivity index (χ2n) is 6.96. The van der Waals surface area contributed by atoms with Gasteiger partial charge in [0.1, 0.15) is 5.56 Å². The van der Waals surface area contributed by atoms with Gasteiger partial charge < -0.3 is 20.9 Å². The van der Waals surface area contributed by atoms with E-state index in [-0.39, 0.29) is 17.8 Å². The fourth-order valence-electron chi connectivity index (χ4n) is 3.38. The van der Waals surface area contributed by atoms with Crippen LogP contribution in [0.2, 0.25) is 0 Å². The number of fused-ring (bicyclic) bond motifs is 1. The van der Waals surface area contributed by atoms with Crippen LogP contribution in [0.5, 0.6) is 0 Å². The lowest BCUT2D eigenvalue weighted by molar-refractivity contribution is 0.102. The lowest BCUT2D eigenvalue weighted by atomic mass is 10.2. The molecule has 0 spiro atoms. The Morgan fingerprint density at radius 1 is 1.31 bits per heavy atom. The van der Waals surface area contributed by atoms with Gasteiger partial charge in [-0.25, -0.2) is 9.50 Å². The smallest absolute Gasteiger partial charge is 0.263 e. The Bertz CT molecular complexity index is 1090. The third-order valence-electron chi connectivity index (χ3n) is 4.95. The number of nitrogens with one attached hydrogen (secondary N) is 1. The molecule has 0 aliphatic carbocycles. The van der Waals surface area contributed by atoms with E-state index in [0.29, 0.717) is 16.9 Å². The molecule has 0 radical (unpaired) electrons. The Morgan fingerprint density at radius 2 is 2.10 bits per heavy atom. The molecule has 0 saturated carbocycles. The number of carbonyl (C=O) groups is 1. The number of hydrogen-bond acceptors (Lipinski definition) is 8. The van der Waals surface area contributed by atoms with Gasteiger partial charge in [-0.2, -0.15) is 5.26 Å². The highest BCUT2D eigenvalue weighted by Gasteiger charge is 2.22. The molecule has 1 aliphatic heterocycles. The standard InChI is InChI=1S/C19H21N9O/c1-26-6-8-27(9-7-26)15-3-5-22-11-14(15)24-19(29)16-17(21)25-28-12-13(2-4-20)10-23-18(16)28/h3,5,10-12H,2,6-9H2,1H3,(H2,21,25)(H,24,29). The van der Waals surface area contributed by atoms with Gasteiger partial charge in [-0.3, -0.25) is 9.78 Å². The predicted octanol–water partition coefficient (Wildman–Crippen LogP) is 0.777. The molecule has 0 bridgehead atoms. The lowest BCUT2D eigenvalue weighted by Gasteiger charge is -2.34. The molecule has 1 amide bonds. The second-order valence-corrected chi connectivity index (χ2v) is 6.96. The van der Waals surface area contributed by atoms with Crippen molar-refractivity contribution in [3.05, 3.63) is 42.0 Å². The Hall–Kier alpha value is -3.71. The SMILES string of the molecule is CN1CCN(c2ccncc2NC(=O)c2c(N)nn3cc(CC#N)cnc23)CC1. The highest BCUT2D eigenvalue weighted by atomic mass is 16.1. The molecular formula is C19H21N9O. The number of aromatic nitrogens is 4. The second kappa shape index (κ2) is 7.73. The summed E-state index contributed by atoms with van der Waals surface area (Å²) in [5.41, 5.74) is 8.76. The van der Waals surface area contributed by atoms with E-state index in [2.05, 4.69) is 43.3 Å². The fourth-order valence-corrected chi connectivity index (χ4v) is 3.38. The molecule has 10 heteroatoms. The van der Waals surface area contributed by atoms with Crippen molar-refractivity contribution in [2.75, 3.05) is 49.2 Å². The molecule has 0 aromatic carbocycles. The Labute approximate surface area is 167 Å². The number of nitrogen functional groups attached to an aromatic ring is 1. The topological polar surface area (TPSA) is 128 Å². The molecule has 4 heterocycles. The molecule has 29 heavy (non-hydrogen) atoms. The maximum Gasteiger partial charge on any atom is 0.263 e. The largest absolute Gasteiger partial charge is 0.381 e. The predicted molar refractivity (Wildman–Crippen MR) is 109 cm³/mol. The van der Waals surface area contributed by atoms with E-state index in [1.165, 1.54) is 4.52 Å². The van der Waals surface area contributed by atoms with Crippen LogP contribution < -0.4 is 16.0 Å². The van der Waals surface area contributed by atoms with Crippen molar-refractivity contribution in [2.45, 2.75) is 6.42 Å². The van der Waals surface area contributed by atoms with Crippen molar-refractivity contribution >= 4 is 28.7 Å². The third-order valence-corrected chi connectivity index (χ3v) is 4.95. The molecule has 3 aromatic rings. The first-order chi connectivity index (χ1) is 14.1. The summed E-state index contributed by atoms with van der Waals surface area (Å²) in [7, 11) is 2.09. The highest BCUT2D eigenvalue weighted by Crippen LogP contribution is 2.27. The minimum absolute atomic E-state index is 0.0779. The van der Waals surface area contributed by atoms with Crippen molar-refractivity contribution in [1.82, 2.24) is 24.5 Å². The average molecular weight is 391 g/mol. The van der Waals surface area contributed by atoms with Crippen LogP contribution in [-0.2, 0) is 6.42 Å². The van der Waals surface area contributed by atoms with E-state index in [1.807, 2.05) is 6.07 Å².